The summed E-state index contributed by atoms with van der Waals surface area (Å²) < 4.78 is 27.9. The minimum absolute atomic E-state index is 0.0761. The number of pyridine rings is 1. The number of halogens is 1. The number of carbonyl (C=O) groups is 2. The zero-order valence-electron chi connectivity index (χ0n) is 22.0. The number of rotatable bonds is 5. The van der Waals surface area contributed by atoms with Crippen molar-refractivity contribution in [1.29, 1.82) is 0 Å². The monoisotopic (exact) mass is 568 g/mol. The standard InChI is InChI=1S/C29H33ClN4O4S/c1-22(35)34-16-6-4-2-3-5-15-33(20-23-9-8-14-31-19-23)21-25-17-24(12-13-28(25)34)29(36)32-39(37,38)27-11-7-10-26(30)18-27/h7-14,17-19H,2-6,15-16,20-21H2,1H3,(H,32,36). The number of hydrogen-bond donors (Lipinski definition) is 1. The van der Waals surface area contributed by atoms with Crippen molar-refractivity contribution in [2.45, 2.75) is 57.0 Å². The van der Waals surface area contributed by atoms with Crippen LogP contribution in [0.25, 0.3) is 0 Å². The topological polar surface area (TPSA) is 99.7 Å². The van der Waals surface area contributed by atoms with Crippen molar-refractivity contribution in [3.63, 3.8) is 0 Å². The Morgan fingerprint density at radius 2 is 1.74 bits per heavy atom. The number of sulfonamides is 1. The van der Waals surface area contributed by atoms with E-state index in [2.05, 4.69) is 14.6 Å². The third-order valence-electron chi connectivity index (χ3n) is 6.73. The first-order chi connectivity index (χ1) is 18.7. The first-order valence-corrected chi connectivity index (χ1v) is 14.9. The molecule has 8 nitrogen and oxygen atoms in total. The molecule has 1 aliphatic heterocycles. The lowest BCUT2D eigenvalue weighted by molar-refractivity contribution is -0.116. The van der Waals surface area contributed by atoms with E-state index < -0.39 is 15.9 Å². The molecule has 2 amide bonds. The average Bonchev–Trinajstić information content (AvgIpc) is 2.90. The van der Waals surface area contributed by atoms with Gasteiger partial charge in [0.15, 0.2) is 0 Å². The van der Waals surface area contributed by atoms with Gasteiger partial charge in [-0.3, -0.25) is 19.5 Å². The highest BCUT2D eigenvalue weighted by molar-refractivity contribution is 7.90. The Hall–Kier alpha value is -3.27. The Kier molecular flexibility index (Phi) is 9.72. The van der Waals surface area contributed by atoms with Gasteiger partial charge in [0.2, 0.25) is 5.91 Å². The smallest absolute Gasteiger partial charge is 0.265 e. The summed E-state index contributed by atoms with van der Waals surface area (Å²) in [6.45, 7) is 4.11. The number of nitrogens with zero attached hydrogens (tertiary/aromatic N) is 3. The van der Waals surface area contributed by atoms with E-state index in [1.54, 1.807) is 42.3 Å². The number of anilines is 1. The molecule has 39 heavy (non-hydrogen) atoms. The predicted molar refractivity (Wildman–Crippen MR) is 152 cm³/mol. The summed E-state index contributed by atoms with van der Waals surface area (Å²) in [5, 5.41) is 0.253. The second-order valence-corrected chi connectivity index (χ2v) is 11.9. The summed E-state index contributed by atoms with van der Waals surface area (Å²) in [7, 11) is -4.13. The van der Waals surface area contributed by atoms with Crippen molar-refractivity contribution in [1.82, 2.24) is 14.6 Å². The molecular formula is C29H33ClN4O4S. The lowest BCUT2D eigenvalue weighted by Gasteiger charge is -2.29. The van der Waals surface area contributed by atoms with Gasteiger partial charge < -0.3 is 4.90 Å². The minimum Gasteiger partial charge on any atom is -0.312 e. The maximum absolute atomic E-state index is 13.1. The SMILES string of the molecule is CC(=O)N1CCCCCCCN(Cc2cccnc2)Cc2cc(C(=O)NS(=O)(=O)c3cccc(Cl)c3)ccc21. The van der Waals surface area contributed by atoms with E-state index in [-0.39, 0.29) is 21.4 Å². The molecule has 0 atom stereocenters. The summed E-state index contributed by atoms with van der Waals surface area (Å²) >= 11 is 5.95. The molecule has 0 aliphatic carbocycles. The van der Waals surface area contributed by atoms with Crippen LogP contribution in [0.3, 0.4) is 0 Å². The lowest BCUT2D eigenvalue weighted by atomic mass is 10.0. The number of benzene rings is 2. The zero-order valence-corrected chi connectivity index (χ0v) is 23.5. The normalized spacial score (nSPS) is 15.5. The van der Waals surface area contributed by atoms with Crippen LogP contribution in [0.1, 0.15) is 60.5 Å². The maximum Gasteiger partial charge on any atom is 0.265 e. The molecule has 1 N–H and O–H groups in total. The molecule has 1 aliphatic rings. The highest BCUT2D eigenvalue weighted by Crippen LogP contribution is 2.27. The van der Waals surface area contributed by atoms with E-state index in [1.807, 2.05) is 18.3 Å². The number of aromatic nitrogens is 1. The van der Waals surface area contributed by atoms with Gasteiger partial charge in [-0.15, -0.1) is 0 Å². The van der Waals surface area contributed by atoms with Crippen LogP contribution in [-0.4, -0.2) is 43.2 Å². The van der Waals surface area contributed by atoms with Crippen molar-refractivity contribution >= 4 is 39.1 Å². The number of hydrogen-bond acceptors (Lipinski definition) is 6. The largest absolute Gasteiger partial charge is 0.312 e. The van der Waals surface area contributed by atoms with Crippen molar-refractivity contribution < 1.29 is 18.0 Å². The average molecular weight is 569 g/mol. The quantitative estimate of drug-likeness (QED) is 0.456. The van der Waals surface area contributed by atoms with Crippen molar-refractivity contribution in [2.24, 2.45) is 0 Å². The van der Waals surface area contributed by atoms with Crippen molar-refractivity contribution in [3.8, 4) is 0 Å². The second kappa shape index (κ2) is 13.2. The van der Waals surface area contributed by atoms with Crippen LogP contribution >= 0.6 is 11.6 Å². The fourth-order valence-corrected chi connectivity index (χ4v) is 6.05. The molecule has 2 heterocycles. The minimum atomic E-state index is -4.13. The van der Waals surface area contributed by atoms with E-state index in [1.165, 1.54) is 18.2 Å². The van der Waals surface area contributed by atoms with Crippen LogP contribution in [0.5, 0.6) is 0 Å². The summed E-state index contributed by atoms with van der Waals surface area (Å²) in [5.41, 5.74) is 2.77. The molecule has 0 fully saturated rings. The molecule has 10 heteroatoms. The van der Waals surface area contributed by atoms with E-state index in [0.29, 0.717) is 19.6 Å². The van der Waals surface area contributed by atoms with Crippen LogP contribution < -0.4 is 9.62 Å². The van der Waals surface area contributed by atoms with Crippen LogP contribution in [0.4, 0.5) is 5.69 Å². The van der Waals surface area contributed by atoms with E-state index in [0.717, 1.165) is 55.5 Å². The number of nitrogens with one attached hydrogen (secondary N) is 1. The first kappa shape index (κ1) is 28.7. The van der Waals surface area contributed by atoms with Gasteiger partial charge in [0.25, 0.3) is 15.9 Å². The Labute approximate surface area is 235 Å². The molecule has 3 aromatic rings. The van der Waals surface area contributed by atoms with Crippen LogP contribution in [0, 0.1) is 0 Å². The molecule has 2 aromatic carbocycles. The van der Waals surface area contributed by atoms with Gasteiger partial charge in [0, 0.05) is 55.2 Å². The van der Waals surface area contributed by atoms with Gasteiger partial charge in [-0.25, -0.2) is 13.1 Å². The molecule has 0 saturated heterocycles. The molecule has 206 valence electrons. The molecule has 0 spiro atoms. The van der Waals surface area contributed by atoms with Gasteiger partial charge in [0.1, 0.15) is 0 Å². The fourth-order valence-electron chi connectivity index (χ4n) is 4.78. The highest BCUT2D eigenvalue weighted by atomic mass is 35.5. The van der Waals surface area contributed by atoms with Crippen LogP contribution in [0.2, 0.25) is 5.02 Å². The molecule has 0 radical (unpaired) electrons. The molecule has 0 unspecified atom stereocenters. The van der Waals surface area contributed by atoms with Crippen molar-refractivity contribution in [3.05, 3.63) is 88.7 Å². The third-order valence-corrected chi connectivity index (χ3v) is 8.29. The summed E-state index contributed by atoms with van der Waals surface area (Å²) in [4.78, 5) is 34.0. The summed E-state index contributed by atoms with van der Waals surface area (Å²) in [6, 6.07) is 14.7. The van der Waals surface area contributed by atoms with Crippen LogP contribution in [-0.2, 0) is 27.9 Å². The van der Waals surface area contributed by atoms with Gasteiger partial charge >= 0.3 is 0 Å². The van der Waals surface area contributed by atoms with Crippen molar-refractivity contribution in [2.75, 3.05) is 18.0 Å². The van der Waals surface area contributed by atoms with Gasteiger partial charge in [0.05, 0.1) is 4.90 Å². The van der Waals surface area contributed by atoms with E-state index in [4.69, 9.17) is 11.6 Å². The van der Waals surface area contributed by atoms with Gasteiger partial charge in [-0.05, 0) is 73.0 Å². The number of amides is 2. The van der Waals surface area contributed by atoms with E-state index >= 15 is 0 Å². The Morgan fingerprint density at radius 1 is 0.974 bits per heavy atom. The van der Waals surface area contributed by atoms with Gasteiger partial charge in [-0.2, -0.15) is 0 Å². The van der Waals surface area contributed by atoms with E-state index in [9.17, 15) is 18.0 Å². The van der Waals surface area contributed by atoms with Crippen LogP contribution in [0.15, 0.2) is 71.9 Å². The fraction of sp³-hybridized carbons (Fsp3) is 0.345. The second-order valence-electron chi connectivity index (χ2n) is 9.75. The predicted octanol–water partition coefficient (Wildman–Crippen LogP) is 5.17. The third kappa shape index (κ3) is 7.88. The number of carbonyl (C=O) groups excluding carboxylic acids is 2. The first-order valence-electron chi connectivity index (χ1n) is 13.1. The van der Waals surface area contributed by atoms with Gasteiger partial charge in [-0.1, -0.05) is 43.0 Å². The summed E-state index contributed by atoms with van der Waals surface area (Å²) in [5.74, 6) is -0.829. The lowest BCUT2D eigenvalue weighted by Crippen LogP contribution is -2.33. The molecule has 1 aromatic heterocycles. The molecule has 0 saturated carbocycles. The maximum atomic E-state index is 13.1. The number of fused-ring (bicyclic) bond motifs is 1. The summed E-state index contributed by atoms with van der Waals surface area (Å²) in [6.07, 6.45) is 8.73. The highest BCUT2D eigenvalue weighted by Gasteiger charge is 2.23. The molecular weight excluding hydrogens is 536 g/mol. The zero-order chi connectivity index (χ0) is 27.8. The Balaban J connectivity index is 1.68. The molecule has 0 bridgehead atoms. The molecule has 4 rings (SSSR count). The Bertz CT molecular complexity index is 1420. The Morgan fingerprint density at radius 3 is 2.46 bits per heavy atom.